The van der Waals surface area contributed by atoms with Gasteiger partial charge in [0, 0.05) is 0 Å². The van der Waals surface area contributed by atoms with Crippen LogP contribution in [0.25, 0.3) is 0 Å². The summed E-state index contributed by atoms with van der Waals surface area (Å²) in [7, 11) is 0. The van der Waals surface area contributed by atoms with Gasteiger partial charge in [-0.1, -0.05) is 6.08 Å². The van der Waals surface area contributed by atoms with Gasteiger partial charge in [-0.25, -0.2) is 8.78 Å². The minimum atomic E-state index is -1.79. The molecule has 0 aromatic carbocycles. The Kier molecular flexibility index (Phi) is 1.70. The second-order valence-electron chi connectivity index (χ2n) is 1.73. The van der Waals surface area contributed by atoms with E-state index in [2.05, 4.69) is 15.9 Å². The lowest BCUT2D eigenvalue weighted by molar-refractivity contribution is 0.399. The van der Waals surface area contributed by atoms with Gasteiger partial charge in [0.05, 0.1) is 6.42 Å². The van der Waals surface area contributed by atoms with Gasteiger partial charge in [0.1, 0.15) is 5.83 Å². The van der Waals surface area contributed by atoms with E-state index in [4.69, 9.17) is 0 Å². The number of rotatable bonds is 0. The molecule has 0 bridgehead atoms. The Bertz CT molecular complexity index is 170. The van der Waals surface area contributed by atoms with E-state index in [-0.39, 0.29) is 0 Å². The lowest BCUT2D eigenvalue weighted by Gasteiger charge is -2.13. The molecule has 9 heavy (non-hydrogen) atoms. The second-order valence-corrected chi connectivity index (χ2v) is 2.94. The molecule has 0 aromatic heterocycles. The highest BCUT2D eigenvalue weighted by atomic mass is 79.9. The third-order valence-corrected chi connectivity index (χ3v) is 1.40. The Morgan fingerprint density at radius 1 is 1.56 bits per heavy atom. The smallest absolute Gasteiger partial charge is 0.193 e. The fraction of sp³-hybridized carbons (Fsp3) is 0.167. The molecule has 0 saturated heterocycles. The monoisotopic (exact) mass is 193 g/mol. The number of allylic oxidation sites excluding steroid dienone is 4. The van der Waals surface area contributed by atoms with Crippen LogP contribution in [0, 0.1) is 6.42 Å². The third-order valence-electron chi connectivity index (χ3n) is 0.904. The van der Waals surface area contributed by atoms with Crippen molar-refractivity contribution < 1.29 is 8.78 Å². The summed E-state index contributed by atoms with van der Waals surface area (Å²) in [5.74, 6) is -0.558. The van der Waals surface area contributed by atoms with Gasteiger partial charge in [0.15, 0.2) is 4.58 Å². The molecule has 0 amide bonds. The maximum Gasteiger partial charge on any atom is 0.193 e. The van der Waals surface area contributed by atoms with Crippen molar-refractivity contribution in [3.05, 3.63) is 30.5 Å². The van der Waals surface area contributed by atoms with Crippen LogP contribution >= 0.6 is 15.9 Å². The van der Waals surface area contributed by atoms with Crippen molar-refractivity contribution >= 4 is 15.9 Å². The fourth-order valence-corrected chi connectivity index (χ4v) is 0.920. The average Bonchev–Trinajstić information content (AvgIpc) is 1.60. The highest BCUT2D eigenvalue weighted by Gasteiger charge is 2.26. The summed E-state index contributed by atoms with van der Waals surface area (Å²) >= 11 is 2.64. The molecule has 1 unspecified atom stereocenters. The predicted octanol–water partition coefficient (Wildman–Crippen LogP) is 2.67. The SMILES string of the molecule is FC1=CC=CC(F)(Br)[CH]1. The van der Waals surface area contributed by atoms with Crippen LogP contribution in [0.4, 0.5) is 8.78 Å². The van der Waals surface area contributed by atoms with Crippen LogP contribution in [0.5, 0.6) is 0 Å². The lowest BCUT2D eigenvalue weighted by atomic mass is 10.1. The topological polar surface area (TPSA) is 0 Å². The number of halogens is 3. The molecule has 0 aliphatic heterocycles. The normalized spacial score (nSPS) is 34.3. The first-order valence-electron chi connectivity index (χ1n) is 2.39. The minimum Gasteiger partial charge on any atom is -0.226 e. The highest BCUT2D eigenvalue weighted by molar-refractivity contribution is 9.10. The molecule has 3 heteroatoms. The molecular formula is C6H4BrF2. The van der Waals surface area contributed by atoms with E-state index in [1.165, 1.54) is 18.2 Å². The van der Waals surface area contributed by atoms with E-state index in [0.717, 1.165) is 6.42 Å². The summed E-state index contributed by atoms with van der Waals surface area (Å²) in [5, 5.41) is 0. The van der Waals surface area contributed by atoms with E-state index < -0.39 is 10.4 Å². The third kappa shape index (κ3) is 1.90. The van der Waals surface area contributed by atoms with Crippen LogP contribution in [-0.4, -0.2) is 4.58 Å². The van der Waals surface area contributed by atoms with Crippen molar-refractivity contribution in [1.29, 1.82) is 0 Å². The summed E-state index contributed by atoms with van der Waals surface area (Å²) in [6, 6.07) is 0. The molecule has 0 aromatic rings. The average molecular weight is 194 g/mol. The van der Waals surface area contributed by atoms with Gasteiger partial charge in [0.2, 0.25) is 0 Å². The second kappa shape index (κ2) is 2.21. The summed E-state index contributed by atoms with van der Waals surface area (Å²) < 4.78 is 23.0. The largest absolute Gasteiger partial charge is 0.226 e. The van der Waals surface area contributed by atoms with Crippen LogP contribution < -0.4 is 0 Å². The Hall–Kier alpha value is -0.180. The van der Waals surface area contributed by atoms with Crippen molar-refractivity contribution in [1.82, 2.24) is 0 Å². The maximum atomic E-state index is 12.6. The zero-order valence-corrected chi connectivity index (χ0v) is 6.03. The number of alkyl halides is 2. The van der Waals surface area contributed by atoms with Crippen LogP contribution in [0.2, 0.25) is 0 Å². The minimum absolute atomic E-state index is 0.558. The van der Waals surface area contributed by atoms with Gasteiger partial charge >= 0.3 is 0 Å². The van der Waals surface area contributed by atoms with E-state index in [1.807, 2.05) is 0 Å². The van der Waals surface area contributed by atoms with Gasteiger partial charge in [-0.05, 0) is 28.1 Å². The van der Waals surface area contributed by atoms with Gasteiger partial charge in [0.25, 0.3) is 0 Å². The Balaban J connectivity index is 2.73. The highest BCUT2D eigenvalue weighted by Crippen LogP contribution is 2.31. The van der Waals surface area contributed by atoms with Crippen LogP contribution in [0.3, 0.4) is 0 Å². The van der Waals surface area contributed by atoms with Crippen molar-refractivity contribution in [3.63, 3.8) is 0 Å². The van der Waals surface area contributed by atoms with Gasteiger partial charge in [-0.2, -0.15) is 0 Å². The van der Waals surface area contributed by atoms with E-state index in [1.54, 1.807) is 0 Å². The molecule has 0 N–H and O–H groups in total. The molecule has 0 heterocycles. The van der Waals surface area contributed by atoms with E-state index in [0.29, 0.717) is 0 Å². The van der Waals surface area contributed by atoms with Crippen molar-refractivity contribution in [2.45, 2.75) is 4.58 Å². The Labute approximate surface area is 60.4 Å². The van der Waals surface area contributed by atoms with Gasteiger partial charge in [-0.3, -0.25) is 0 Å². The molecule has 0 saturated carbocycles. The molecule has 49 valence electrons. The van der Waals surface area contributed by atoms with Crippen LogP contribution in [0.1, 0.15) is 0 Å². The fourth-order valence-electron chi connectivity index (χ4n) is 0.548. The van der Waals surface area contributed by atoms with Crippen molar-refractivity contribution in [3.8, 4) is 0 Å². The summed E-state index contributed by atoms with van der Waals surface area (Å²) in [6.07, 6.45) is 4.59. The Morgan fingerprint density at radius 3 is 2.56 bits per heavy atom. The van der Waals surface area contributed by atoms with E-state index in [9.17, 15) is 8.78 Å². The molecule has 0 fully saturated rings. The number of hydrogen-bond acceptors (Lipinski definition) is 0. The molecule has 1 aliphatic rings. The molecule has 1 radical (unpaired) electrons. The molecule has 1 rings (SSSR count). The molecule has 1 atom stereocenters. The van der Waals surface area contributed by atoms with E-state index >= 15 is 0 Å². The molecular weight excluding hydrogens is 190 g/mol. The quantitative estimate of drug-likeness (QED) is 0.520. The lowest BCUT2D eigenvalue weighted by Crippen LogP contribution is -2.12. The van der Waals surface area contributed by atoms with Gasteiger partial charge in [-0.15, -0.1) is 0 Å². The van der Waals surface area contributed by atoms with Crippen molar-refractivity contribution in [2.75, 3.05) is 0 Å². The maximum absolute atomic E-state index is 12.6. The van der Waals surface area contributed by atoms with Crippen molar-refractivity contribution in [2.24, 2.45) is 0 Å². The first-order chi connectivity index (χ1) is 4.10. The zero-order valence-electron chi connectivity index (χ0n) is 4.44. The zero-order chi connectivity index (χ0) is 6.91. The molecule has 1 aliphatic carbocycles. The summed E-state index contributed by atoms with van der Waals surface area (Å²) in [6.45, 7) is 0. The first-order valence-corrected chi connectivity index (χ1v) is 3.18. The van der Waals surface area contributed by atoms with Crippen LogP contribution in [-0.2, 0) is 0 Å². The van der Waals surface area contributed by atoms with Crippen LogP contribution in [0.15, 0.2) is 24.1 Å². The summed E-state index contributed by atoms with van der Waals surface area (Å²) in [4.78, 5) is 0. The Morgan fingerprint density at radius 2 is 2.22 bits per heavy atom. The summed E-state index contributed by atoms with van der Waals surface area (Å²) in [5.41, 5.74) is 0. The first kappa shape index (κ1) is 6.93. The molecule has 0 spiro atoms. The standard InChI is InChI=1S/C6H4BrF2/c7-6(9)3-1-2-5(8)4-6/h1-4H. The molecule has 0 nitrogen and oxygen atoms in total. The number of hydrogen-bond donors (Lipinski definition) is 0. The van der Waals surface area contributed by atoms with Gasteiger partial charge < -0.3 is 0 Å². The predicted molar refractivity (Wildman–Crippen MR) is 35.4 cm³/mol.